The molecule has 3 heterocycles. The van der Waals surface area contributed by atoms with Crippen LogP contribution in [-0.2, 0) is 4.79 Å². The van der Waals surface area contributed by atoms with Crippen molar-refractivity contribution in [2.24, 2.45) is 5.92 Å². The molecule has 0 radical (unpaired) electrons. The third kappa shape index (κ3) is 2.03. The Kier molecular flexibility index (Phi) is 2.78. The normalized spacial score (nSPS) is 28.6. The third-order valence-corrected chi connectivity index (χ3v) is 4.76. The van der Waals surface area contributed by atoms with Gasteiger partial charge in [-0.3, -0.25) is 4.79 Å². The van der Waals surface area contributed by atoms with Gasteiger partial charge in [-0.25, -0.2) is 4.98 Å². The summed E-state index contributed by atoms with van der Waals surface area (Å²) in [5.74, 6) is 0.770. The van der Waals surface area contributed by atoms with Crippen LogP contribution in [0.15, 0.2) is 6.33 Å². The average Bonchev–Trinajstić information content (AvgIpc) is 2.82. The number of anilines is 1. The number of aromatic nitrogens is 4. The van der Waals surface area contributed by atoms with Gasteiger partial charge in [0.1, 0.15) is 5.52 Å². The van der Waals surface area contributed by atoms with Crippen LogP contribution < -0.4 is 11.1 Å². The number of rotatable bonds is 1. The van der Waals surface area contributed by atoms with Gasteiger partial charge >= 0.3 is 0 Å². The van der Waals surface area contributed by atoms with Gasteiger partial charge in [0.15, 0.2) is 10.8 Å². The molecule has 4 rings (SSSR count). The molecule has 2 bridgehead atoms. The lowest BCUT2D eigenvalue weighted by atomic mass is 9.77. The maximum absolute atomic E-state index is 11.8. The van der Waals surface area contributed by atoms with E-state index in [4.69, 9.17) is 17.3 Å². The SMILES string of the molecule is Nc1nc(Cl)c2ncn([C@@H]3CC[C@H]4CC(=O)N[C@@H]3C4)c2n1. The highest BCUT2D eigenvalue weighted by Crippen LogP contribution is 2.38. The van der Waals surface area contributed by atoms with Gasteiger partial charge in [-0.1, -0.05) is 11.6 Å². The number of nitrogens with zero attached hydrogens (tertiary/aromatic N) is 4. The summed E-state index contributed by atoms with van der Waals surface area (Å²) in [6.45, 7) is 0. The largest absolute Gasteiger partial charge is 0.368 e. The molecule has 0 unspecified atom stereocenters. The Bertz CT molecular complexity index is 729. The van der Waals surface area contributed by atoms with Gasteiger partial charge in [0, 0.05) is 12.5 Å². The van der Waals surface area contributed by atoms with Gasteiger partial charge in [0.25, 0.3) is 0 Å². The molecular weight excluding hydrogens is 292 g/mol. The molecule has 1 aliphatic carbocycles. The predicted molar refractivity (Wildman–Crippen MR) is 77.7 cm³/mol. The Labute approximate surface area is 125 Å². The van der Waals surface area contributed by atoms with Gasteiger partial charge in [-0.15, -0.1) is 0 Å². The number of nitrogens with one attached hydrogen (secondary N) is 1. The molecule has 1 saturated carbocycles. The molecule has 110 valence electrons. The summed E-state index contributed by atoms with van der Waals surface area (Å²) in [7, 11) is 0. The van der Waals surface area contributed by atoms with Crippen molar-refractivity contribution in [2.45, 2.75) is 37.8 Å². The molecule has 2 aromatic heterocycles. The molecule has 1 saturated heterocycles. The fourth-order valence-electron chi connectivity index (χ4n) is 3.58. The molecule has 3 atom stereocenters. The second-order valence-electron chi connectivity index (χ2n) is 5.82. The Hall–Kier alpha value is -1.89. The van der Waals surface area contributed by atoms with E-state index < -0.39 is 0 Å². The number of nitrogen functional groups attached to an aromatic ring is 1. The zero-order valence-corrected chi connectivity index (χ0v) is 12.0. The summed E-state index contributed by atoms with van der Waals surface area (Å²) in [5, 5.41) is 3.35. The van der Waals surface area contributed by atoms with Crippen LogP contribution >= 0.6 is 11.6 Å². The minimum absolute atomic E-state index is 0.123. The van der Waals surface area contributed by atoms with Crippen LogP contribution in [0.5, 0.6) is 0 Å². The number of hydrogen-bond acceptors (Lipinski definition) is 5. The molecule has 0 spiro atoms. The summed E-state index contributed by atoms with van der Waals surface area (Å²) in [6.07, 6.45) is 5.40. The van der Waals surface area contributed by atoms with E-state index in [-0.39, 0.29) is 29.1 Å². The standard InChI is InChI=1S/C13H15ClN6O/c14-11-10-12(19-13(15)18-11)20(5-16-10)8-2-1-6-3-7(8)17-9(21)4-6/h5-8H,1-4H2,(H,17,21)(H2,15,18,19)/t6-,7-,8-/m1/s1. The molecule has 8 heteroatoms. The molecule has 2 aliphatic rings. The van der Waals surface area contributed by atoms with E-state index >= 15 is 0 Å². The van der Waals surface area contributed by atoms with Crippen molar-refractivity contribution >= 4 is 34.6 Å². The van der Waals surface area contributed by atoms with Crippen LogP contribution in [-0.4, -0.2) is 31.5 Å². The van der Waals surface area contributed by atoms with E-state index in [1.165, 1.54) is 0 Å². The molecule has 1 aliphatic heterocycles. The summed E-state index contributed by atoms with van der Waals surface area (Å²) in [5.41, 5.74) is 6.87. The van der Waals surface area contributed by atoms with Gasteiger partial charge < -0.3 is 15.6 Å². The topological polar surface area (TPSA) is 98.7 Å². The number of imidazole rings is 1. The van der Waals surface area contributed by atoms with Crippen molar-refractivity contribution in [3.63, 3.8) is 0 Å². The smallest absolute Gasteiger partial charge is 0.223 e. The summed E-state index contributed by atoms with van der Waals surface area (Å²) in [6, 6.07) is 0.262. The van der Waals surface area contributed by atoms with E-state index in [9.17, 15) is 4.79 Å². The highest BCUT2D eigenvalue weighted by atomic mass is 35.5. The Morgan fingerprint density at radius 1 is 1.38 bits per heavy atom. The van der Waals surface area contributed by atoms with Crippen molar-refractivity contribution in [3.05, 3.63) is 11.5 Å². The lowest BCUT2D eigenvalue weighted by Crippen LogP contribution is -2.49. The first kappa shape index (κ1) is 12.8. The third-order valence-electron chi connectivity index (χ3n) is 4.50. The molecule has 2 aromatic rings. The number of piperidine rings is 1. The highest BCUT2D eigenvalue weighted by molar-refractivity contribution is 6.33. The van der Waals surface area contributed by atoms with Gasteiger partial charge in [0.2, 0.25) is 11.9 Å². The summed E-state index contributed by atoms with van der Waals surface area (Å²) < 4.78 is 1.98. The van der Waals surface area contributed by atoms with Crippen molar-refractivity contribution < 1.29 is 4.79 Å². The highest BCUT2D eigenvalue weighted by Gasteiger charge is 2.38. The molecule has 0 aromatic carbocycles. The predicted octanol–water partition coefficient (Wildman–Crippen LogP) is 1.29. The Morgan fingerprint density at radius 2 is 2.24 bits per heavy atom. The quantitative estimate of drug-likeness (QED) is 0.774. The molecule has 1 amide bonds. The molecular formula is C13H15ClN6O. The zero-order valence-electron chi connectivity index (χ0n) is 11.3. The second-order valence-corrected chi connectivity index (χ2v) is 6.18. The lowest BCUT2D eigenvalue weighted by molar-refractivity contribution is -0.126. The lowest BCUT2D eigenvalue weighted by Gasteiger charge is -2.40. The van der Waals surface area contributed by atoms with Crippen molar-refractivity contribution in [2.75, 3.05) is 5.73 Å². The van der Waals surface area contributed by atoms with Crippen molar-refractivity contribution in [3.8, 4) is 0 Å². The Balaban J connectivity index is 1.78. The number of hydrogen-bond donors (Lipinski definition) is 2. The number of carbonyl (C=O) groups excluding carboxylic acids is 1. The number of halogens is 1. The van der Waals surface area contributed by atoms with E-state index in [1.807, 2.05) is 4.57 Å². The second kappa shape index (κ2) is 4.56. The van der Waals surface area contributed by atoms with Crippen LogP contribution in [0.3, 0.4) is 0 Å². The summed E-state index contributed by atoms with van der Waals surface area (Å²) >= 11 is 6.07. The van der Waals surface area contributed by atoms with Crippen molar-refractivity contribution in [1.29, 1.82) is 0 Å². The first-order valence-electron chi connectivity index (χ1n) is 7.06. The maximum atomic E-state index is 11.8. The number of carbonyl (C=O) groups is 1. The molecule has 3 N–H and O–H groups in total. The van der Waals surface area contributed by atoms with Gasteiger partial charge in [-0.2, -0.15) is 9.97 Å². The first-order chi connectivity index (χ1) is 10.1. The monoisotopic (exact) mass is 306 g/mol. The fourth-order valence-corrected chi connectivity index (χ4v) is 3.80. The van der Waals surface area contributed by atoms with Gasteiger partial charge in [-0.05, 0) is 25.2 Å². The van der Waals surface area contributed by atoms with Crippen LogP contribution in [0.2, 0.25) is 5.15 Å². The zero-order chi connectivity index (χ0) is 14.6. The van der Waals surface area contributed by atoms with Gasteiger partial charge in [0.05, 0.1) is 12.4 Å². The van der Waals surface area contributed by atoms with Crippen LogP contribution in [0.25, 0.3) is 11.2 Å². The molecule has 21 heavy (non-hydrogen) atoms. The van der Waals surface area contributed by atoms with E-state index in [2.05, 4.69) is 20.3 Å². The maximum Gasteiger partial charge on any atom is 0.223 e. The van der Waals surface area contributed by atoms with E-state index in [1.54, 1.807) is 6.33 Å². The van der Waals surface area contributed by atoms with E-state index in [0.29, 0.717) is 23.5 Å². The number of amides is 1. The number of fused-ring (bicyclic) bond motifs is 3. The van der Waals surface area contributed by atoms with Crippen LogP contribution in [0, 0.1) is 5.92 Å². The minimum Gasteiger partial charge on any atom is -0.368 e. The van der Waals surface area contributed by atoms with Crippen LogP contribution in [0.4, 0.5) is 5.95 Å². The fraction of sp³-hybridized carbons (Fsp3) is 0.538. The molecule has 7 nitrogen and oxygen atoms in total. The van der Waals surface area contributed by atoms with Crippen molar-refractivity contribution in [1.82, 2.24) is 24.8 Å². The van der Waals surface area contributed by atoms with E-state index in [0.717, 1.165) is 19.3 Å². The minimum atomic E-state index is 0.123. The summed E-state index contributed by atoms with van der Waals surface area (Å²) in [4.78, 5) is 24.2. The van der Waals surface area contributed by atoms with Crippen LogP contribution in [0.1, 0.15) is 31.7 Å². The first-order valence-corrected chi connectivity index (χ1v) is 7.44. The molecule has 2 fully saturated rings. The average molecular weight is 307 g/mol. The number of nitrogens with two attached hydrogens (primary N) is 1. The Morgan fingerprint density at radius 3 is 3.10 bits per heavy atom.